The Morgan fingerprint density at radius 2 is 1.91 bits per heavy atom. The lowest BCUT2D eigenvalue weighted by atomic mass is 9.86. The summed E-state index contributed by atoms with van der Waals surface area (Å²) in [5, 5.41) is 0. The number of aryl methyl sites for hydroxylation is 1. The number of likely N-dealkylation sites (tertiary alicyclic amines) is 2. The van der Waals surface area contributed by atoms with Crippen molar-refractivity contribution in [3.63, 3.8) is 0 Å². The first-order valence-corrected chi connectivity index (χ1v) is 8.36. The lowest BCUT2D eigenvalue weighted by Crippen LogP contribution is -2.56. The standard InChI is InChI=1S/C19H26N2O/c1-3-12-21-14-5-11-19(21)10-4-13-20(15-19)18(22)17-8-6-16(2)7-9-17/h3,6-9H,1,4-5,10-15H2,2H3. The second kappa shape index (κ2) is 6.25. The molecule has 3 nitrogen and oxygen atoms in total. The molecule has 1 unspecified atom stereocenters. The fraction of sp³-hybridized carbons (Fsp3) is 0.526. The van der Waals surface area contributed by atoms with Gasteiger partial charge in [-0.3, -0.25) is 9.69 Å². The Kier molecular flexibility index (Phi) is 4.34. The van der Waals surface area contributed by atoms with Crippen molar-refractivity contribution in [2.24, 2.45) is 0 Å². The molecule has 1 aromatic carbocycles. The molecule has 3 heteroatoms. The van der Waals surface area contributed by atoms with Crippen LogP contribution >= 0.6 is 0 Å². The monoisotopic (exact) mass is 298 g/mol. The predicted molar refractivity (Wildman–Crippen MR) is 90.1 cm³/mol. The highest BCUT2D eigenvalue weighted by atomic mass is 16.2. The summed E-state index contributed by atoms with van der Waals surface area (Å²) in [4.78, 5) is 17.4. The number of rotatable bonds is 3. The molecule has 1 spiro atoms. The van der Waals surface area contributed by atoms with E-state index in [1.54, 1.807) is 0 Å². The van der Waals surface area contributed by atoms with Gasteiger partial charge in [-0.2, -0.15) is 0 Å². The van der Waals surface area contributed by atoms with Crippen LogP contribution in [0.4, 0.5) is 0 Å². The van der Waals surface area contributed by atoms with E-state index in [1.807, 2.05) is 30.3 Å². The third kappa shape index (κ3) is 2.82. The molecule has 0 bridgehead atoms. The molecule has 2 saturated heterocycles. The van der Waals surface area contributed by atoms with E-state index in [4.69, 9.17) is 0 Å². The topological polar surface area (TPSA) is 23.6 Å². The quantitative estimate of drug-likeness (QED) is 0.800. The fourth-order valence-corrected chi connectivity index (χ4v) is 4.06. The summed E-state index contributed by atoms with van der Waals surface area (Å²) in [6, 6.07) is 7.95. The van der Waals surface area contributed by atoms with Crippen LogP contribution in [0.25, 0.3) is 0 Å². The van der Waals surface area contributed by atoms with E-state index in [9.17, 15) is 4.79 Å². The summed E-state index contributed by atoms with van der Waals surface area (Å²) in [5.74, 6) is 0.185. The maximum atomic E-state index is 12.8. The zero-order valence-corrected chi connectivity index (χ0v) is 13.6. The van der Waals surface area contributed by atoms with Crippen molar-refractivity contribution in [1.29, 1.82) is 0 Å². The van der Waals surface area contributed by atoms with Crippen LogP contribution in [0.2, 0.25) is 0 Å². The van der Waals surface area contributed by atoms with E-state index >= 15 is 0 Å². The van der Waals surface area contributed by atoms with E-state index in [2.05, 4.69) is 23.3 Å². The molecule has 0 N–H and O–H groups in total. The van der Waals surface area contributed by atoms with E-state index in [-0.39, 0.29) is 11.4 Å². The zero-order chi connectivity index (χ0) is 15.6. The van der Waals surface area contributed by atoms with E-state index in [0.717, 1.165) is 38.2 Å². The van der Waals surface area contributed by atoms with Crippen molar-refractivity contribution in [3.05, 3.63) is 48.0 Å². The minimum absolute atomic E-state index is 0.185. The Morgan fingerprint density at radius 3 is 2.59 bits per heavy atom. The Morgan fingerprint density at radius 1 is 1.23 bits per heavy atom. The number of piperidine rings is 1. The first kappa shape index (κ1) is 15.3. The normalized spacial score (nSPS) is 25.6. The molecule has 1 amide bonds. The van der Waals surface area contributed by atoms with Crippen LogP contribution in [0.3, 0.4) is 0 Å². The van der Waals surface area contributed by atoms with Gasteiger partial charge in [0.25, 0.3) is 5.91 Å². The van der Waals surface area contributed by atoms with Gasteiger partial charge in [0.2, 0.25) is 0 Å². The van der Waals surface area contributed by atoms with Crippen molar-refractivity contribution in [2.75, 3.05) is 26.2 Å². The van der Waals surface area contributed by atoms with E-state index in [1.165, 1.54) is 24.8 Å². The summed E-state index contributed by atoms with van der Waals surface area (Å²) in [7, 11) is 0. The lowest BCUT2D eigenvalue weighted by molar-refractivity contribution is 0.0367. The molecule has 0 radical (unpaired) electrons. The highest BCUT2D eigenvalue weighted by molar-refractivity contribution is 5.94. The van der Waals surface area contributed by atoms with Crippen LogP contribution in [0.15, 0.2) is 36.9 Å². The van der Waals surface area contributed by atoms with Crippen molar-refractivity contribution >= 4 is 5.91 Å². The van der Waals surface area contributed by atoms with Crippen LogP contribution in [0, 0.1) is 6.92 Å². The molecule has 1 atom stereocenters. The molecule has 0 saturated carbocycles. The van der Waals surface area contributed by atoms with Gasteiger partial charge >= 0.3 is 0 Å². The van der Waals surface area contributed by atoms with E-state index in [0.29, 0.717) is 0 Å². The van der Waals surface area contributed by atoms with Crippen LogP contribution in [0.1, 0.15) is 41.6 Å². The highest BCUT2D eigenvalue weighted by Gasteiger charge is 2.44. The zero-order valence-electron chi connectivity index (χ0n) is 13.6. The molecule has 118 valence electrons. The molecule has 0 aromatic heterocycles. The molecule has 2 aliphatic rings. The predicted octanol–water partition coefficient (Wildman–Crippen LogP) is 3.25. The Balaban J connectivity index is 1.76. The fourth-order valence-electron chi connectivity index (χ4n) is 4.06. The molecule has 3 rings (SSSR count). The number of carbonyl (C=O) groups excluding carboxylic acids is 1. The van der Waals surface area contributed by atoms with Crippen molar-refractivity contribution in [3.8, 4) is 0 Å². The third-order valence-corrected chi connectivity index (χ3v) is 5.23. The molecule has 0 aliphatic carbocycles. The average molecular weight is 298 g/mol. The molecule has 22 heavy (non-hydrogen) atoms. The molecule has 2 heterocycles. The number of amides is 1. The first-order valence-electron chi connectivity index (χ1n) is 8.36. The Labute approximate surface area is 133 Å². The van der Waals surface area contributed by atoms with Gasteiger partial charge in [0.1, 0.15) is 0 Å². The smallest absolute Gasteiger partial charge is 0.253 e. The second-order valence-corrected chi connectivity index (χ2v) is 6.76. The largest absolute Gasteiger partial charge is 0.337 e. The third-order valence-electron chi connectivity index (χ3n) is 5.23. The Hall–Kier alpha value is -1.61. The van der Waals surface area contributed by atoms with Gasteiger partial charge in [-0.15, -0.1) is 6.58 Å². The van der Waals surface area contributed by atoms with Crippen LogP contribution in [-0.4, -0.2) is 47.4 Å². The number of benzene rings is 1. The molecular formula is C19H26N2O. The van der Waals surface area contributed by atoms with E-state index < -0.39 is 0 Å². The number of hydrogen-bond donors (Lipinski definition) is 0. The van der Waals surface area contributed by atoms with Crippen molar-refractivity contribution in [1.82, 2.24) is 9.80 Å². The summed E-state index contributed by atoms with van der Waals surface area (Å²) in [5.41, 5.74) is 2.20. The van der Waals surface area contributed by atoms with Crippen molar-refractivity contribution in [2.45, 2.75) is 38.1 Å². The van der Waals surface area contributed by atoms with Gasteiger partial charge in [0, 0.05) is 30.7 Å². The van der Waals surface area contributed by atoms with Gasteiger partial charge in [0.15, 0.2) is 0 Å². The number of nitrogens with zero attached hydrogens (tertiary/aromatic N) is 2. The summed E-state index contributed by atoms with van der Waals surface area (Å²) >= 11 is 0. The van der Waals surface area contributed by atoms with Gasteiger partial charge < -0.3 is 4.90 Å². The van der Waals surface area contributed by atoms with Gasteiger partial charge in [-0.1, -0.05) is 23.8 Å². The van der Waals surface area contributed by atoms with Crippen molar-refractivity contribution < 1.29 is 4.79 Å². The minimum atomic E-state index is 0.185. The van der Waals surface area contributed by atoms with Crippen LogP contribution in [-0.2, 0) is 0 Å². The first-order chi connectivity index (χ1) is 10.6. The number of carbonyl (C=O) groups is 1. The molecule has 1 aromatic rings. The maximum absolute atomic E-state index is 12.8. The lowest BCUT2D eigenvalue weighted by Gasteiger charge is -2.45. The molecule has 2 aliphatic heterocycles. The minimum Gasteiger partial charge on any atom is -0.337 e. The second-order valence-electron chi connectivity index (χ2n) is 6.76. The maximum Gasteiger partial charge on any atom is 0.253 e. The number of hydrogen-bond acceptors (Lipinski definition) is 2. The summed E-state index contributed by atoms with van der Waals surface area (Å²) in [6.07, 6.45) is 6.75. The Bertz CT molecular complexity index is 551. The molecular weight excluding hydrogens is 272 g/mol. The van der Waals surface area contributed by atoms with Gasteiger partial charge in [-0.05, 0) is 51.3 Å². The summed E-state index contributed by atoms with van der Waals surface area (Å²) < 4.78 is 0. The van der Waals surface area contributed by atoms with Crippen LogP contribution < -0.4 is 0 Å². The van der Waals surface area contributed by atoms with Gasteiger partial charge in [-0.25, -0.2) is 0 Å². The molecule has 2 fully saturated rings. The SMILES string of the molecule is C=CCN1CCCC12CCCN(C(=O)c1ccc(C)cc1)C2. The van der Waals surface area contributed by atoms with Crippen LogP contribution in [0.5, 0.6) is 0 Å². The highest BCUT2D eigenvalue weighted by Crippen LogP contribution is 2.37. The van der Waals surface area contributed by atoms with Gasteiger partial charge in [0.05, 0.1) is 0 Å². The summed E-state index contributed by atoms with van der Waals surface area (Å²) in [6.45, 7) is 9.77. The average Bonchev–Trinajstić information content (AvgIpc) is 2.90.